The van der Waals surface area contributed by atoms with Crippen LogP contribution in [0.3, 0.4) is 0 Å². The monoisotopic (exact) mass is 408 g/mol. The average Bonchev–Trinajstić information content (AvgIpc) is 2.85. The summed E-state index contributed by atoms with van der Waals surface area (Å²) < 4.78 is -0.393. The number of hydrogen-bond donors (Lipinski definition) is 1. The number of alkyl halides is 1. The fourth-order valence-corrected chi connectivity index (χ4v) is 8.41. The fraction of sp³-hybridized carbons (Fsp3) is 0.810. The van der Waals surface area contributed by atoms with Gasteiger partial charge in [0.05, 0.1) is 10.4 Å². The van der Waals surface area contributed by atoms with E-state index in [4.69, 9.17) is 0 Å². The van der Waals surface area contributed by atoms with Crippen molar-refractivity contribution in [1.82, 2.24) is 0 Å². The van der Waals surface area contributed by atoms with E-state index in [1.54, 1.807) is 0 Å². The first-order chi connectivity index (χ1) is 11.8. The number of carbonyl (C=O) groups is 2. The third kappa shape index (κ3) is 2.13. The van der Waals surface area contributed by atoms with Crippen molar-refractivity contribution in [3.8, 4) is 0 Å². The lowest BCUT2D eigenvalue weighted by Gasteiger charge is -2.65. The fourth-order valence-electron chi connectivity index (χ4n) is 7.05. The maximum atomic E-state index is 12.6. The van der Waals surface area contributed by atoms with Crippen LogP contribution in [0, 0.1) is 22.7 Å². The standard InChI is InChI=1S/C21H29BrO3/c1-3-9-20-10-8-14(23)11-13(20)4-5-16-15-6-7-17(24)19(15,2)12-18(25)21(16,20)22/h11,15-16,18,25H,3-10,12H2,1-2H3/t15-,16-,18-,19-,20-,21-/m0/s1. The van der Waals surface area contributed by atoms with Crippen LogP contribution < -0.4 is 0 Å². The molecule has 3 nitrogen and oxygen atoms in total. The number of halogens is 1. The van der Waals surface area contributed by atoms with Crippen molar-refractivity contribution in [3.05, 3.63) is 11.6 Å². The number of Topliss-reactive ketones (excluding diaryl/α,β-unsaturated/α-hetero) is 1. The summed E-state index contributed by atoms with van der Waals surface area (Å²) in [7, 11) is 0. The maximum Gasteiger partial charge on any atom is 0.155 e. The molecule has 3 fully saturated rings. The van der Waals surface area contributed by atoms with Crippen LogP contribution in [-0.2, 0) is 9.59 Å². The van der Waals surface area contributed by atoms with Crippen molar-refractivity contribution in [2.24, 2.45) is 22.7 Å². The molecular weight excluding hydrogens is 380 g/mol. The average molecular weight is 409 g/mol. The van der Waals surface area contributed by atoms with Crippen LogP contribution in [0.25, 0.3) is 0 Å². The van der Waals surface area contributed by atoms with Crippen molar-refractivity contribution >= 4 is 27.5 Å². The summed E-state index contributed by atoms with van der Waals surface area (Å²) >= 11 is 4.13. The third-order valence-electron chi connectivity index (χ3n) is 8.15. The highest BCUT2D eigenvalue weighted by Gasteiger charge is 2.69. The molecule has 4 rings (SSSR count). The van der Waals surface area contributed by atoms with Crippen LogP contribution in [0.2, 0.25) is 0 Å². The molecule has 0 saturated heterocycles. The Morgan fingerprint density at radius 3 is 2.64 bits per heavy atom. The predicted octanol–water partition coefficient (Wildman–Crippen LogP) is 4.36. The molecule has 0 bridgehead atoms. The van der Waals surface area contributed by atoms with Crippen molar-refractivity contribution < 1.29 is 14.7 Å². The van der Waals surface area contributed by atoms with Crippen LogP contribution in [0.15, 0.2) is 11.6 Å². The second-order valence-corrected chi connectivity index (χ2v) is 10.4. The molecule has 0 spiro atoms. The molecule has 0 radical (unpaired) electrons. The Kier molecular flexibility index (Phi) is 4.12. The molecule has 138 valence electrons. The van der Waals surface area contributed by atoms with Gasteiger partial charge in [-0.15, -0.1) is 0 Å². The third-order valence-corrected chi connectivity index (χ3v) is 10.0. The number of allylic oxidation sites excluding steroid dienone is 1. The molecule has 0 aromatic rings. The molecule has 25 heavy (non-hydrogen) atoms. The Balaban J connectivity index is 1.85. The number of aliphatic hydroxyl groups excluding tert-OH is 1. The minimum atomic E-state index is -0.538. The first kappa shape index (κ1) is 17.9. The topological polar surface area (TPSA) is 54.4 Å². The minimum absolute atomic E-state index is 0.134. The van der Waals surface area contributed by atoms with Gasteiger partial charge in [-0.25, -0.2) is 0 Å². The molecule has 6 atom stereocenters. The second kappa shape index (κ2) is 5.76. The molecule has 4 aliphatic carbocycles. The SMILES string of the molecule is CCC[C@]12CCC(=O)C=C1CC[C@H]1[C@@H]3CCC(=O)[C@@]3(C)C[C@H](O)[C@@]12Br. The molecule has 0 heterocycles. The largest absolute Gasteiger partial charge is 0.392 e. The zero-order valence-corrected chi connectivity index (χ0v) is 16.9. The van der Waals surface area contributed by atoms with Crippen LogP contribution in [0.1, 0.15) is 71.6 Å². The summed E-state index contributed by atoms with van der Waals surface area (Å²) in [6.45, 7) is 4.28. The van der Waals surface area contributed by atoms with Crippen LogP contribution in [-0.4, -0.2) is 27.1 Å². The number of aliphatic hydroxyl groups is 1. The molecule has 0 aromatic heterocycles. The van der Waals surface area contributed by atoms with Gasteiger partial charge in [0.15, 0.2) is 5.78 Å². The molecule has 0 amide bonds. The van der Waals surface area contributed by atoms with Crippen LogP contribution >= 0.6 is 15.9 Å². The molecule has 0 unspecified atom stereocenters. The van der Waals surface area contributed by atoms with Gasteiger partial charge in [0.2, 0.25) is 0 Å². The Morgan fingerprint density at radius 2 is 1.92 bits per heavy atom. The highest BCUT2D eigenvalue weighted by molar-refractivity contribution is 9.10. The summed E-state index contributed by atoms with van der Waals surface area (Å²) in [5.41, 5.74) is 0.761. The smallest absolute Gasteiger partial charge is 0.155 e. The Morgan fingerprint density at radius 1 is 1.20 bits per heavy atom. The van der Waals surface area contributed by atoms with Gasteiger partial charge in [-0.05, 0) is 56.4 Å². The summed E-state index contributed by atoms with van der Waals surface area (Å²) in [4.78, 5) is 24.7. The van der Waals surface area contributed by atoms with Crippen molar-refractivity contribution in [1.29, 1.82) is 0 Å². The van der Waals surface area contributed by atoms with Gasteiger partial charge in [0, 0.05) is 23.7 Å². The molecular formula is C21H29BrO3. The maximum absolute atomic E-state index is 12.6. The van der Waals surface area contributed by atoms with Crippen LogP contribution in [0.4, 0.5) is 0 Å². The van der Waals surface area contributed by atoms with Gasteiger partial charge < -0.3 is 5.11 Å². The molecule has 4 aliphatic rings. The lowest BCUT2D eigenvalue weighted by atomic mass is 9.45. The highest BCUT2D eigenvalue weighted by atomic mass is 79.9. The molecule has 0 aliphatic heterocycles. The number of carbonyl (C=O) groups excluding carboxylic acids is 2. The summed E-state index contributed by atoms with van der Waals surface area (Å²) in [6, 6.07) is 0. The lowest BCUT2D eigenvalue weighted by molar-refractivity contribution is -0.141. The minimum Gasteiger partial charge on any atom is -0.392 e. The highest BCUT2D eigenvalue weighted by Crippen LogP contribution is 2.70. The van der Waals surface area contributed by atoms with Crippen molar-refractivity contribution in [2.75, 3.05) is 0 Å². The summed E-state index contributed by atoms with van der Waals surface area (Å²) in [5.74, 6) is 1.25. The number of ketones is 2. The number of hydrogen-bond acceptors (Lipinski definition) is 3. The van der Waals surface area contributed by atoms with Crippen molar-refractivity contribution in [3.63, 3.8) is 0 Å². The van der Waals surface area contributed by atoms with Gasteiger partial charge in [-0.3, -0.25) is 9.59 Å². The van der Waals surface area contributed by atoms with E-state index in [9.17, 15) is 14.7 Å². The second-order valence-electron chi connectivity index (χ2n) is 9.09. The van der Waals surface area contributed by atoms with E-state index >= 15 is 0 Å². The van der Waals surface area contributed by atoms with E-state index in [2.05, 4.69) is 29.8 Å². The van der Waals surface area contributed by atoms with E-state index < -0.39 is 10.4 Å². The Hall–Kier alpha value is -0.480. The first-order valence-corrected chi connectivity index (χ1v) is 10.7. The van der Waals surface area contributed by atoms with Crippen LogP contribution in [0.5, 0.6) is 0 Å². The molecule has 0 aromatic carbocycles. The van der Waals surface area contributed by atoms with E-state index in [0.29, 0.717) is 36.9 Å². The lowest BCUT2D eigenvalue weighted by Crippen LogP contribution is -2.67. The zero-order chi connectivity index (χ0) is 18.0. The van der Waals surface area contributed by atoms with E-state index in [-0.39, 0.29) is 16.6 Å². The number of rotatable bonds is 2. The summed E-state index contributed by atoms with van der Waals surface area (Å²) in [5, 5.41) is 11.4. The normalized spacial score (nSPS) is 49.3. The summed E-state index contributed by atoms with van der Waals surface area (Å²) in [6.07, 6.45) is 8.90. The Bertz CT molecular complexity index is 656. The quantitative estimate of drug-likeness (QED) is 0.690. The number of fused-ring (bicyclic) bond motifs is 5. The molecule has 1 N–H and O–H groups in total. The predicted molar refractivity (Wildman–Crippen MR) is 101 cm³/mol. The zero-order valence-electron chi connectivity index (χ0n) is 15.3. The Labute approximate surface area is 158 Å². The van der Waals surface area contributed by atoms with Gasteiger partial charge >= 0.3 is 0 Å². The van der Waals surface area contributed by atoms with E-state index in [1.807, 2.05) is 6.08 Å². The van der Waals surface area contributed by atoms with Gasteiger partial charge in [0.1, 0.15) is 5.78 Å². The molecule has 4 heteroatoms. The van der Waals surface area contributed by atoms with E-state index in [0.717, 1.165) is 38.5 Å². The van der Waals surface area contributed by atoms with E-state index in [1.165, 1.54) is 5.57 Å². The van der Waals surface area contributed by atoms with Gasteiger partial charge in [0.25, 0.3) is 0 Å². The van der Waals surface area contributed by atoms with Gasteiger partial charge in [-0.2, -0.15) is 0 Å². The first-order valence-electron chi connectivity index (χ1n) is 9.94. The van der Waals surface area contributed by atoms with Crippen molar-refractivity contribution in [2.45, 2.75) is 82.1 Å². The molecule has 3 saturated carbocycles. The van der Waals surface area contributed by atoms with Gasteiger partial charge in [-0.1, -0.05) is 41.8 Å².